The zero-order valence-corrected chi connectivity index (χ0v) is 8.26. The molecule has 5 heteroatoms. The fraction of sp³-hybridized carbons (Fsp3) is 0.400. The average Bonchev–Trinajstić information content (AvgIpc) is 2.82. The SMILES string of the molecule is NC1CCN(c2nc3cccnc3o2)C1. The second-order valence-corrected chi connectivity index (χ2v) is 3.82. The van der Waals surface area contributed by atoms with Gasteiger partial charge in [-0.15, -0.1) is 0 Å². The van der Waals surface area contributed by atoms with Crippen LogP contribution >= 0.6 is 0 Å². The number of anilines is 1. The highest BCUT2D eigenvalue weighted by atomic mass is 16.4. The first-order valence-electron chi connectivity index (χ1n) is 5.05. The minimum absolute atomic E-state index is 0.230. The molecule has 1 fully saturated rings. The van der Waals surface area contributed by atoms with Gasteiger partial charge in [0, 0.05) is 25.3 Å². The van der Waals surface area contributed by atoms with E-state index in [2.05, 4.69) is 14.9 Å². The van der Waals surface area contributed by atoms with Crippen LogP contribution in [-0.2, 0) is 0 Å². The zero-order chi connectivity index (χ0) is 10.3. The number of rotatable bonds is 1. The molecule has 15 heavy (non-hydrogen) atoms. The van der Waals surface area contributed by atoms with E-state index < -0.39 is 0 Å². The molecule has 5 nitrogen and oxygen atoms in total. The topological polar surface area (TPSA) is 68.2 Å². The summed E-state index contributed by atoms with van der Waals surface area (Å²) >= 11 is 0. The van der Waals surface area contributed by atoms with E-state index in [-0.39, 0.29) is 6.04 Å². The van der Waals surface area contributed by atoms with Crippen molar-refractivity contribution in [1.82, 2.24) is 9.97 Å². The van der Waals surface area contributed by atoms with Crippen molar-refractivity contribution in [2.45, 2.75) is 12.5 Å². The minimum Gasteiger partial charge on any atom is -0.404 e. The van der Waals surface area contributed by atoms with Gasteiger partial charge in [-0.3, -0.25) is 0 Å². The van der Waals surface area contributed by atoms with Gasteiger partial charge in [-0.05, 0) is 18.6 Å². The van der Waals surface area contributed by atoms with Gasteiger partial charge >= 0.3 is 0 Å². The summed E-state index contributed by atoms with van der Waals surface area (Å²) in [5, 5.41) is 0. The molecule has 0 aliphatic carbocycles. The Bertz CT molecular complexity index is 448. The van der Waals surface area contributed by atoms with Gasteiger partial charge in [0.15, 0.2) is 0 Å². The first-order valence-corrected chi connectivity index (χ1v) is 5.05. The summed E-state index contributed by atoms with van der Waals surface area (Å²) in [6.45, 7) is 1.72. The van der Waals surface area contributed by atoms with E-state index in [1.165, 1.54) is 0 Å². The molecular weight excluding hydrogens is 192 g/mol. The third kappa shape index (κ3) is 1.45. The maximum absolute atomic E-state index is 5.83. The number of fused-ring (bicyclic) bond motifs is 1. The van der Waals surface area contributed by atoms with Crippen LogP contribution in [0.4, 0.5) is 6.01 Å². The summed E-state index contributed by atoms with van der Waals surface area (Å²) in [7, 11) is 0. The fourth-order valence-corrected chi connectivity index (χ4v) is 1.85. The molecule has 0 spiro atoms. The Morgan fingerprint density at radius 2 is 2.47 bits per heavy atom. The van der Waals surface area contributed by atoms with E-state index in [4.69, 9.17) is 10.2 Å². The molecule has 1 unspecified atom stereocenters. The van der Waals surface area contributed by atoms with Gasteiger partial charge in [-0.25, -0.2) is 4.98 Å². The number of hydrogen-bond donors (Lipinski definition) is 1. The molecule has 2 N–H and O–H groups in total. The predicted molar refractivity (Wildman–Crippen MR) is 56.6 cm³/mol. The van der Waals surface area contributed by atoms with Gasteiger partial charge < -0.3 is 15.1 Å². The second kappa shape index (κ2) is 3.20. The van der Waals surface area contributed by atoms with Crippen LogP contribution < -0.4 is 10.6 Å². The Morgan fingerprint density at radius 3 is 3.20 bits per heavy atom. The third-order valence-corrected chi connectivity index (χ3v) is 2.65. The number of pyridine rings is 1. The Labute approximate surface area is 86.9 Å². The van der Waals surface area contributed by atoms with E-state index in [9.17, 15) is 0 Å². The van der Waals surface area contributed by atoms with Gasteiger partial charge in [-0.2, -0.15) is 4.98 Å². The van der Waals surface area contributed by atoms with Crippen molar-refractivity contribution in [3.63, 3.8) is 0 Å². The van der Waals surface area contributed by atoms with E-state index in [1.54, 1.807) is 6.20 Å². The summed E-state index contributed by atoms with van der Waals surface area (Å²) in [6, 6.07) is 4.61. The van der Waals surface area contributed by atoms with Crippen LogP contribution in [0, 0.1) is 0 Å². The van der Waals surface area contributed by atoms with Gasteiger partial charge in [0.05, 0.1) is 0 Å². The molecule has 0 amide bonds. The van der Waals surface area contributed by atoms with Gasteiger partial charge in [0.2, 0.25) is 5.71 Å². The number of nitrogens with zero attached hydrogens (tertiary/aromatic N) is 3. The molecular formula is C10H12N4O. The van der Waals surface area contributed by atoms with Crippen LogP contribution in [0.5, 0.6) is 0 Å². The molecule has 3 heterocycles. The molecule has 3 rings (SSSR count). The second-order valence-electron chi connectivity index (χ2n) is 3.82. The van der Waals surface area contributed by atoms with E-state index >= 15 is 0 Å². The predicted octanol–water partition coefficient (Wildman–Crippen LogP) is 0.760. The lowest BCUT2D eigenvalue weighted by molar-refractivity contribution is 0.574. The average molecular weight is 204 g/mol. The van der Waals surface area contributed by atoms with Crippen molar-refractivity contribution < 1.29 is 4.42 Å². The summed E-state index contributed by atoms with van der Waals surface area (Å²) in [5.41, 5.74) is 7.22. The normalized spacial score (nSPS) is 21.4. The van der Waals surface area contributed by atoms with Crippen LogP contribution in [-0.4, -0.2) is 29.1 Å². The number of nitrogens with two attached hydrogens (primary N) is 1. The Kier molecular flexibility index (Phi) is 1.85. The maximum Gasteiger partial charge on any atom is 0.299 e. The maximum atomic E-state index is 5.83. The molecule has 0 radical (unpaired) electrons. The molecule has 1 aliphatic heterocycles. The third-order valence-electron chi connectivity index (χ3n) is 2.65. The standard InChI is InChI=1S/C10H12N4O/c11-7-3-5-14(6-7)10-13-8-2-1-4-12-9(8)15-10/h1-2,4,7H,3,5-6,11H2. The zero-order valence-electron chi connectivity index (χ0n) is 8.26. The molecule has 0 bridgehead atoms. The summed E-state index contributed by atoms with van der Waals surface area (Å²) in [5.74, 6) is 0. The summed E-state index contributed by atoms with van der Waals surface area (Å²) in [4.78, 5) is 10.5. The lowest BCUT2D eigenvalue weighted by atomic mass is 10.3. The van der Waals surface area contributed by atoms with Crippen LogP contribution in [0.3, 0.4) is 0 Å². The van der Waals surface area contributed by atoms with E-state index in [0.717, 1.165) is 25.0 Å². The van der Waals surface area contributed by atoms with Crippen LogP contribution in [0.1, 0.15) is 6.42 Å². The minimum atomic E-state index is 0.230. The number of hydrogen-bond acceptors (Lipinski definition) is 5. The van der Waals surface area contributed by atoms with Crippen LogP contribution in [0.25, 0.3) is 11.2 Å². The Balaban J connectivity index is 1.98. The van der Waals surface area contributed by atoms with Gasteiger partial charge in [-0.1, -0.05) is 0 Å². The smallest absolute Gasteiger partial charge is 0.299 e. The first kappa shape index (κ1) is 8.67. The molecule has 1 saturated heterocycles. The van der Waals surface area contributed by atoms with E-state index in [0.29, 0.717) is 11.7 Å². The van der Waals surface area contributed by atoms with Crippen LogP contribution in [0.15, 0.2) is 22.7 Å². The van der Waals surface area contributed by atoms with Crippen LogP contribution in [0.2, 0.25) is 0 Å². The van der Waals surface area contributed by atoms with Gasteiger partial charge in [0.1, 0.15) is 5.52 Å². The van der Waals surface area contributed by atoms with Crippen molar-refractivity contribution in [1.29, 1.82) is 0 Å². The fourth-order valence-electron chi connectivity index (χ4n) is 1.85. The monoisotopic (exact) mass is 204 g/mol. The Hall–Kier alpha value is -1.62. The largest absolute Gasteiger partial charge is 0.404 e. The molecule has 0 aromatic carbocycles. The lowest BCUT2D eigenvalue weighted by Gasteiger charge is -2.11. The molecule has 0 saturated carbocycles. The molecule has 2 aromatic rings. The summed E-state index contributed by atoms with van der Waals surface area (Å²) in [6.07, 6.45) is 2.69. The molecule has 1 atom stereocenters. The molecule has 78 valence electrons. The van der Waals surface area contributed by atoms with Gasteiger partial charge in [0.25, 0.3) is 6.01 Å². The number of oxazole rings is 1. The lowest BCUT2D eigenvalue weighted by Crippen LogP contribution is -2.26. The molecule has 1 aliphatic rings. The number of aromatic nitrogens is 2. The van der Waals surface area contributed by atoms with Crippen molar-refractivity contribution in [2.75, 3.05) is 18.0 Å². The highest BCUT2D eigenvalue weighted by Gasteiger charge is 2.23. The first-order chi connectivity index (χ1) is 7.33. The van der Waals surface area contributed by atoms with Crippen molar-refractivity contribution >= 4 is 17.2 Å². The quantitative estimate of drug-likeness (QED) is 0.742. The van der Waals surface area contributed by atoms with Crippen molar-refractivity contribution in [3.05, 3.63) is 18.3 Å². The Morgan fingerprint density at radius 1 is 1.53 bits per heavy atom. The highest BCUT2D eigenvalue weighted by Crippen LogP contribution is 2.22. The van der Waals surface area contributed by atoms with E-state index in [1.807, 2.05) is 12.1 Å². The van der Waals surface area contributed by atoms with Crippen molar-refractivity contribution in [2.24, 2.45) is 5.73 Å². The van der Waals surface area contributed by atoms with Crippen molar-refractivity contribution in [3.8, 4) is 0 Å². The molecule has 2 aromatic heterocycles. The highest BCUT2D eigenvalue weighted by molar-refractivity contribution is 5.69. The summed E-state index contributed by atoms with van der Waals surface area (Å²) < 4.78 is 5.55.